The fraction of sp³-hybridized carbons (Fsp3) is 0.250. The molecule has 5 rings (SSSR count). The summed E-state index contributed by atoms with van der Waals surface area (Å²) in [6, 6.07) is 17.2. The number of rotatable bonds is 5. The largest absolute Gasteiger partial charge is 0.497 e. The molecule has 1 aliphatic rings. The Morgan fingerprint density at radius 1 is 1.12 bits per heavy atom. The first-order chi connectivity index (χ1) is 15.6. The lowest BCUT2D eigenvalue weighted by Gasteiger charge is -2.27. The van der Waals surface area contributed by atoms with E-state index in [0.29, 0.717) is 48.9 Å². The van der Waals surface area contributed by atoms with Gasteiger partial charge in [0.25, 0.3) is 11.8 Å². The summed E-state index contributed by atoms with van der Waals surface area (Å²) in [6.45, 7) is 1.07. The van der Waals surface area contributed by atoms with Gasteiger partial charge in [0.1, 0.15) is 5.75 Å². The second-order valence-corrected chi connectivity index (χ2v) is 7.78. The van der Waals surface area contributed by atoms with E-state index in [9.17, 15) is 4.79 Å². The van der Waals surface area contributed by atoms with Crippen LogP contribution < -0.4 is 4.74 Å². The molecule has 0 saturated carbocycles. The normalized spacial score (nSPS) is 13.1. The lowest BCUT2D eigenvalue weighted by atomic mass is 10.0. The van der Waals surface area contributed by atoms with E-state index < -0.39 is 0 Å². The van der Waals surface area contributed by atoms with E-state index in [1.165, 1.54) is 0 Å². The second-order valence-electron chi connectivity index (χ2n) is 7.78. The minimum Gasteiger partial charge on any atom is -0.497 e. The monoisotopic (exact) mass is 429 g/mol. The van der Waals surface area contributed by atoms with Crippen LogP contribution in [0.15, 0.2) is 59.1 Å². The van der Waals surface area contributed by atoms with Gasteiger partial charge in [0.2, 0.25) is 0 Å². The standard InChI is InChI=1S/C24H23N5O3/c1-28-20-12-13-29(24(30)17-8-10-18(31-2)11-9-17)15-19(20)22(26-28)23-25-21(27-32-23)14-16-6-4-3-5-7-16/h3-11H,12-15H2,1-2H3. The second kappa shape index (κ2) is 8.30. The summed E-state index contributed by atoms with van der Waals surface area (Å²) >= 11 is 0. The average Bonchev–Trinajstić information content (AvgIpc) is 3.43. The number of ether oxygens (including phenoxy) is 1. The Bertz CT molecular complexity index is 1240. The highest BCUT2D eigenvalue weighted by Crippen LogP contribution is 2.30. The Labute approximate surface area is 185 Å². The fourth-order valence-corrected chi connectivity index (χ4v) is 4.05. The van der Waals surface area contributed by atoms with E-state index in [1.807, 2.05) is 47.0 Å². The van der Waals surface area contributed by atoms with E-state index in [2.05, 4.69) is 15.2 Å². The maximum absolute atomic E-state index is 13.1. The van der Waals surface area contributed by atoms with Crippen molar-refractivity contribution in [3.8, 4) is 17.3 Å². The van der Waals surface area contributed by atoms with Gasteiger partial charge < -0.3 is 14.2 Å². The van der Waals surface area contributed by atoms with Crippen molar-refractivity contribution in [2.45, 2.75) is 19.4 Å². The van der Waals surface area contributed by atoms with Crippen LogP contribution in [0.5, 0.6) is 5.75 Å². The van der Waals surface area contributed by atoms with Gasteiger partial charge >= 0.3 is 0 Å². The summed E-state index contributed by atoms with van der Waals surface area (Å²) in [6.07, 6.45) is 1.30. The molecule has 0 fully saturated rings. The van der Waals surface area contributed by atoms with Crippen molar-refractivity contribution >= 4 is 5.91 Å². The summed E-state index contributed by atoms with van der Waals surface area (Å²) in [4.78, 5) is 19.5. The predicted molar refractivity (Wildman–Crippen MR) is 117 cm³/mol. The molecule has 0 unspecified atom stereocenters. The molecule has 0 N–H and O–H groups in total. The quantitative estimate of drug-likeness (QED) is 0.484. The first-order valence-electron chi connectivity index (χ1n) is 10.5. The van der Waals surface area contributed by atoms with Crippen LogP contribution >= 0.6 is 0 Å². The Balaban J connectivity index is 1.39. The lowest BCUT2D eigenvalue weighted by molar-refractivity contribution is 0.0733. The molecule has 0 bridgehead atoms. The number of hydrogen-bond acceptors (Lipinski definition) is 6. The molecule has 0 aliphatic carbocycles. The number of aryl methyl sites for hydroxylation is 1. The Morgan fingerprint density at radius 3 is 2.66 bits per heavy atom. The van der Waals surface area contributed by atoms with E-state index in [4.69, 9.17) is 9.26 Å². The average molecular weight is 429 g/mol. The molecular weight excluding hydrogens is 406 g/mol. The molecule has 8 nitrogen and oxygen atoms in total. The smallest absolute Gasteiger partial charge is 0.278 e. The van der Waals surface area contributed by atoms with E-state index in [0.717, 1.165) is 22.6 Å². The van der Waals surface area contributed by atoms with Crippen LogP contribution in [0.1, 0.15) is 33.0 Å². The topological polar surface area (TPSA) is 86.3 Å². The molecule has 4 aromatic rings. The van der Waals surface area contributed by atoms with Crippen LogP contribution in [-0.4, -0.2) is 44.4 Å². The van der Waals surface area contributed by atoms with Gasteiger partial charge in [0.15, 0.2) is 11.5 Å². The van der Waals surface area contributed by atoms with Gasteiger partial charge in [0.05, 0.1) is 13.7 Å². The molecule has 3 heterocycles. The zero-order chi connectivity index (χ0) is 22.1. The molecule has 0 spiro atoms. The van der Waals surface area contributed by atoms with Crippen LogP contribution in [0, 0.1) is 0 Å². The molecule has 2 aromatic carbocycles. The van der Waals surface area contributed by atoms with E-state index >= 15 is 0 Å². The van der Waals surface area contributed by atoms with Crippen molar-refractivity contribution in [2.24, 2.45) is 7.05 Å². The maximum Gasteiger partial charge on any atom is 0.278 e. The number of aromatic nitrogens is 4. The van der Waals surface area contributed by atoms with Gasteiger partial charge in [-0.3, -0.25) is 9.48 Å². The van der Waals surface area contributed by atoms with E-state index in [-0.39, 0.29) is 5.91 Å². The van der Waals surface area contributed by atoms with Gasteiger partial charge in [0, 0.05) is 43.3 Å². The van der Waals surface area contributed by atoms with Crippen molar-refractivity contribution in [1.82, 2.24) is 24.8 Å². The third kappa shape index (κ3) is 3.75. The van der Waals surface area contributed by atoms with Gasteiger partial charge in [-0.25, -0.2) is 0 Å². The van der Waals surface area contributed by atoms with Crippen molar-refractivity contribution < 1.29 is 14.1 Å². The summed E-state index contributed by atoms with van der Waals surface area (Å²) in [5, 5.41) is 8.77. The van der Waals surface area contributed by atoms with Crippen LogP contribution in [0.3, 0.4) is 0 Å². The molecule has 2 aromatic heterocycles. The van der Waals surface area contributed by atoms with Gasteiger partial charge in [-0.05, 0) is 29.8 Å². The molecule has 8 heteroatoms. The number of carbonyl (C=O) groups excluding carboxylic acids is 1. The van der Waals surface area contributed by atoms with Crippen molar-refractivity contribution in [2.75, 3.05) is 13.7 Å². The molecule has 0 atom stereocenters. The Kier molecular flexibility index (Phi) is 5.18. The highest BCUT2D eigenvalue weighted by atomic mass is 16.5. The predicted octanol–water partition coefficient (Wildman–Crippen LogP) is 3.27. The minimum absolute atomic E-state index is 0.0246. The number of nitrogens with zero attached hydrogens (tertiary/aromatic N) is 5. The molecular formula is C24H23N5O3. The zero-order valence-electron chi connectivity index (χ0n) is 18.0. The molecule has 0 radical (unpaired) electrons. The van der Waals surface area contributed by atoms with E-state index in [1.54, 1.807) is 31.4 Å². The van der Waals surface area contributed by atoms with Crippen molar-refractivity contribution in [1.29, 1.82) is 0 Å². The first kappa shape index (κ1) is 20.0. The Morgan fingerprint density at radius 2 is 1.91 bits per heavy atom. The van der Waals surface area contributed by atoms with Gasteiger partial charge in [-0.2, -0.15) is 10.1 Å². The Hall–Kier alpha value is -3.94. The summed E-state index contributed by atoms with van der Waals surface area (Å²) in [5.41, 5.74) is 4.42. The van der Waals surface area contributed by atoms with Gasteiger partial charge in [-0.1, -0.05) is 35.5 Å². The summed E-state index contributed by atoms with van der Waals surface area (Å²) in [7, 11) is 3.51. The SMILES string of the molecule is COc1ccc(C(=O)N2CCc3c(c(-c4nc(Cc5ccccc5)no4)nn3C)C2)cc1. The number of amides is 1. The molecule has 162 valence electrons. The zero-order valence-corrected chi connectivity index (χ0v) is 18.0. The summed E-state index contributed by atoms with van der Waals surface area (Å²) in [5.74, 6) is 1.68. The number of hydrogen-bond donors (Lipinski definition) is 0. The first-order valence-corrected chi connectivity index (χ1v) is 10.5. The molecule has 32 heavy (non-hydrogen) atoms. The third-order valence-corrected chi connectivity index (χ3v) is 5.74. The molecule has 0 saturated heterocycles. The summed E-state index contributed by atoms with van der Waals surface area (Å²) < 4.78 is 12.6. The van der Waals surface area contributed by atoms with Crippen LogP contribution in [-0.2, 0) is 26.4 Å². The number of carbonyl (C=O) groups is 1. The van der Waals surface area contributed by atoms with Crippen LogP contribution in [0.4, 0.5) is 0 Å². The highest BCUT2D eigenvalue weighted by Gasteiger charge is 2.30. The number of fused-ring (bicyclic) bond motifs is 1. The lowest BCUT2D eigenvalue weighted by Crippen LogP contribution is -2.36. The molecule has 1 aliphatic heterocycles. The fourth-order valence-electron chi connectivity index (χ4n) is 4.05. The maximum atomic E-state index is 13.1. The number of methoxy groups -OCH3 is 1. The minimum atomic E-state index is -0.0246. The van der Waals surface area contributed by atoms with Crippen LogP contribution in [0.25, 0.3) is 11.6 Å². The highest BCUT2D eigenvalue weighted by molar-refractivity contribution is 5.94. The van der Waals surface area contributed by atoms with Crippen molar-refractivity contribution in [3.05, 3.63) is 82.8 Å². The van der Waals surface area contributed by atoms with Crippen molar-refractivity contribution in [3.63, 3.8) is 0 Å². The van der Waals surface area contributed by atoms with Crippen LogP contribution in [0.2, 0.25) is 0 Å². The third-order valence-electron chi connectivity index (χ3n) is 5.74. The number of benzene rings is 2. The molecule has 1 amide bonds. The van der Waals surface area contributed by atoms with Gasteiger partial charge in [-0.15, -0.1) is 0 Å².